The normalized spacial score (nSPS) is 20.8. The minimum atomic E-state index is -4.70. The summed E-state index contributed by atoms with van der Waals surface area (Å²) in [6, 6.07) is 16.2. The number of alkyl halides is 3. The minimum absolute atomic E-state index is 0.0378. The molecule has 1 fully saturated rings. The third kappa shape index (κ3) is 6.27. The van der Waals surface area contributed by atoms with Gasteiger partial charge in [0.2, 0.25) is 5.66 Å². The average molecular weight is 479 g/mol. The average Bonchev–Trinajstić information content (AvgIpc) is 3.53. The maximum absolute atomic E-state index is 14.2. The van der Waals surface area contributed by atoms with E-state index in [0.29, 0.717) is 0 Å². The van der Waals surface area contributed by atoms with Crippen LogP contribution in [0.3, 0.4) is 0 Å². The van der Waals surface area contributed by atoms with Crippen LogP contribution in [0.15, 0.2) is 60.7 Å². The lowest BCUT2D eigenvalue weighted by Gasteiger charge is -2.25. The molecule has 2 aromatic rings. The fraction of sp³-hybridized carbons (Fsp3) is 0.417. The number of carbonyl (C=O) groups excluding carboxylic acids is 2. The van der Waals surface area contributed by atoms with Crippen molar-refractivity contribution in [3.8, 4) is 0 Å². The van der Waals surface area contributed by atoms with Crippen molar-refractivity contribution in [1.82, 2.24) is 15.8 Å². The maximum atomic E-state index is 14.2. The second kappa shape index (κ2) is 10.0. The van der Waals surface area contributed by atoms with Crippen LogP contribution in [0.25, 0.3) is 0 Å². The Kier molecular flexibility index (Phi) is 7.52. The maximum Gasteiger partial charge on any atom is 0.427 e. The first-order valence-electron chi connectivity index (χ1n) is 10.8. The highest BCUT2D eigenvalue weighted by atomic mass is 19.4. The molecule has 34 heavy (non-hydrogen) atoms. The number of esters is 1. The summed E-state index contributed by atoms with van der Waals surface area (Å²) in [6.45, 7) is 5.02. The van der Waals surface area contributed by atoms with Gasteiger partial charge < -0.3 is 14.8 Å². The first-order chi connectivity index (χ1) is 15.9. The highest BCUT2D eigenvalue weighted by Gasteiger charge is 2.73. The van der Waals surface area contributed by atoms with Gasteiger partial charge in [-0.2, -0.15) is 18.2 Å². The Hall–Kier alpha value is -3.11. The second-order valence-corrected chi connectivity index (χ2v) is 8.90. The molecule has 1 heterocycles. The van der Waals surface area contributed by atoms with E-state index in [-0.39, 0.29) is 25.0 Å². The molecule has 3 atom stereocenters. The fourth-order valence-corrected chi connectivity index (χ4v) is 3.52. The van der Waals surface area contributed by atoms with Crippen molar-refractivity contribution in [3.05, 3.63) is 71.8 Å². The van der Waals surface area contributed by atoms with Gasteiger partial charge in [0.1, 0.15) is 18.4 Å². The molecular formula is C24H28F3N3O4. The van der Waals surface area contributed by atoms with Gasteiger partial charge in [0.25, 0.3) is 0 Å². The molecule has 1 amide bonds. The molecule has 0 spiro atoms. The fourth-order valence-electron chi connectivity index (χ4n) is 3.52. The van der Waals surface area contributed by atoms with Crippen LogP contribution in [0.5, 0.6) is 0 Å². The minimum Gasteiger partial charge on any atom is -0.460 e. The predicted octanol–water partition coefficient (Wildman–Crippen LogP) is 4.60. The van der Waals surface area contributed by atoms with Crippen LogP contribution in [0, 0.1) is 0 Å². The van der Waals surface area contributed by atoms with Crippen molar-refractivity contribution in [2.45, 2.75) is 63.8 Å². The van der Waals surface area contributed by atoms with E-state index in [9.17, 15) is 22.8 Å². The number of rotatable bonds is 8. The SMILES string of the molecule is CC(C)(C)OC(=O)CC[C@@H](NC(=O)OCc1ccccc1)N1N[C@]1(c1ccccc1)C(F)(F)F. The number of ether oxygens (including phenoxy) is 2. The van der Waals surface area contributed by atoms with Gasteiger partial charge in [0.05, 0.1) is 0 Å². The largest absolute Gasteiger partial charge is 0.460 e. The van der Waals surface area contributed by atoms with E-state index >= 15 is 0 Å². The zero-order chi connectivity index (χ0) is 25.0. The van der Waals surface area contributed by atoms with E-state index in [2.05, 4.69) is 10.7 Å². The van der Waals surface area contributed by atoms with Crippen LogP contribution in [-0.4, -0.2) is 35.0 Å². The lowest BCUT2D eigenvalue weighted by atomic mass is 10.0. The van der Waals surface area contributed by atoms with E-state index in [0.717, 1.165) is 10.6 Å². The van der Waals surface area contributed by atoms with Crippen LogP contribution in [0.1, 0.15) is 44.7 Å². The smallest absolute Gasteiger partial charge is 0.427 e. The van der Waals surface area contributed by atoms with Gasteiger partial charge in [-0.25, -0.2) is 10.2 Å². The molecule has 1 aliphatic rings. The molecule has 1 aliphatic heterocycles. The highest BCUT2D eigenvalue weighted by molar-refractivity contribution is 5.70. The molecule has 10 heteroatoms. The van der Waals surface area contributed by atoms with Crippen molar-refractivity contribution < 1.29 is 32.2 Å². The molecule has 7 nitrogen and oxygen atoms in total. The topological polar surface area (TPSA) is 89.6 Å². The Balaban J connectivity index is 1.76. The van der Waals surface area contributed by atoms with Crippen LogP contribution in [-0.2, 0) is 26.5 Å². The second-order valence-electron chi connectivity index (χ2n) is 8.90. The molecular weight excluding hydrogens is 451 g/mol. The summed E-state index contributed by atoms with van der Waals surface area (Å²) in [7, 11) is 0. The Morgan fingerprint density at radius 3 is 2.18 bits per heavy atom. The lowest BCUT2D eigenvalue weighted by Crippen LogP contribution is -2.46. The Morgan fingerprint density at radius 2 is 1.62 bits per heavy atom. The van der Waals surface area contributed by atoms with Crippen molar-refractivity contribution >= 4 is 12.1 Å². The van der Waals surface area contributed by atoms with Crippen molar-refractivity contribution in [1.29, 1.82) is 0 Å². The Bertz CT molecular complexity index is 980. The monoisotopic (exact) mass is 479 g/mol. The molecule has 0 aliphatic carbocycles. The van der Waals surface area contributed by atoms with Gasteiger partial charge in [-0.15, -0.1) is 0 Å². The van der Waals surface area contributed by atoms with Gasteiger partial charge in [0, 0.05) is 6.42 Å². The third-order valence-corrected chi connectivity index (χ3v) is 5.05. The molecule has 0 aromatic heterocycles. The number of hydrogen-bond acceptors (Lipinski definition) is 6. The van der Waals surface area contributed by atoms with Gasteiger partial charge in [-0.3, -0.25) is 4.79 Å². The number of hydrogen-bond donors (Lipinski definition) is 2. The quantitative estimate of drug-likeness (QED) is 0.425. The van der Waals surface area contributed by atoms with Gasteiger partial charge in [0.15, 0.2) is 0 Å². The van der Waals surface area contributed by atoms with Crippen molar-refractivity contribution in [3.63, 3.8) is 0 Å². The predicted molar refractivity (Wildman–Crippen MR) is 118 cm³/mol. The summed E-state index contributed by atoms with van der Waals surface area (Å²) in [5.41, 5.74) is -0.182. The summed E-state index contributed by atoms with van der Waals surface area (Å²) in [5, 5.41) is 3.34. The van der Waals surface area contributed by atoms with Crippen LogP contribution in [0.4, 0.5) is 18.0 Å². The zero-order valence-electron chi connectivity index (χ0n) is 19.2. The van der Waals surface area contributed by atoms with Crippen LogP contribution >= 0.6 is 0 Å². The number of benzene rings is 2. The zero-order valence-corrected chi connectivity index (χ0v) is 19.2. The molecule has 1 unspecified atom stereocenters. The lowest BCUT2D eigenvalue weighted by molar-refractivity contribution is -0.178. The van der Waals surface area contributed by atoms with E-state index < -0.39 is 35.7 Å². The number of halogens is 3. The number of hydrazine groups is 1. The van der Waals surface area contributed by atoms with E-state index in [4.69, 9.17) is 9.47 Å². The number of nitrogens with zero attached hydrogens (tertiary/aromatic N) is 1. The highest BCUT2D eigenvalue weighted by Crippen LogP contribution is 2.50. The van der Waals surface area contributed by atoms with Crippen LogP contribution in [0.2, 0.25) is 0 Å². The number of carbonyl (C=O) groups is 2. The first kappa shape index (κ1) is 25.5. The molecule has 0 radical (unpaired) electrons. The third-order valence-electron chi connectivity index (χ3n) is 5.05. The van der Waals surface area contributed by atoms with Gasteiger partial charge in [-0.1, -0.05) is 60.7 Å². The molecule has 0 bridgehead atoms. The van der Waals surface area contributed by atoms with Gasteiger partial charge in [-0.05, 0) is 38.3 Å². The Morgan fingerprint density at radius 1 is 1.03 bits per heavy atom. The van der Waals surface area contributed by atoms with Crippen molar-refractivity contribution in [2.24, 2.45) is 0 Å². The summed E-state index contributed by atoms with van der Waals surface area (Å²) in [5.74, 6) is -0.587. The van der Waals surface area contributed by atoms with Crippen molar-refractivity contribution in [2.75, 3.05) is 0 Å². The van der Waals surface area contributed by atoms with Crippen LogP contribution < -0.4 is 10.7 Å². The summed E-state index contributed by atoms with van der Waals surface area (Å²) in [6.07, 6.45) is -7.14. The summed E-state index contributed by atoms with van der Waals surface area (Å²) >= 11 is 0. The number of nitrogens with one attached hydrogen (secondary N) is 2. The molecule has 0 saturated carbocycles. The standard InChI is InChI=1S/C24H28F3N3O4/c1-22(2,3)34-20(31)15-14-19(28-21(32)33-16-17-10-6-4-7-11-17)30-23(29-30,24(25,26)27)18-12-8-5-9-13-18/h4-13,19,29H,14-16H2,1-3H3,(H,28,32)/t19-,23-,30?/m0/s1. The van der Waals surface area contributed by atoms with E-state index in [1.165, 1.54) is 24.3 Å². The first-order valence-corrected chi connectivity index (χ1v) is 10.8. The molecule has 2 N–H and O–H groups in total. The number of alkyl carbamates (subject to hydrolysis) is 1. The van der Waals surface area contributed by atoms with Gasteiger partial charge >= 0.3 is 18.2 Å². The van der Waals surface area contributed by atoms with E-state index in [1.54, 1.807) is 51.1 Å². The van der Waals surface area contributed by atoms with E-state index in [1.807, 2.05) is 6.07 Å². The molecule has 3 rings (SSSR count). The summed E-state index contributed by atoms with van der Waals surface area (Å²) in [4.78, 5) is 24.6. The molecule has 1 saturated heterocycles. The molecule has 2 aromatic carbocycles. The summed E-state index contributed by atoms with van der Waals surface area (Å²) < 4.78 is 53.0. The molecule has 184 valence electrons. The number of amides is 1. The Labute approximate surface area is 196 Å².